The quantitative estimate of drug-likeness (QED) is 0.842. The first-order valence-corrected chi connectivity index (χ1v) is 6.94. The lowest BCUT2D eigenvalue weighted by Crippen LogP contribution is -2.34. The molecule has 0 amide bonds. The minimum absolute atomic E-state index is 0.556. The minimum Gasteiger partial charge on any atom is -0.298 e. The Hall–Kier alpha value is -1.74. The van der Waals surface area contributed by atoms with Crippen LogP contribution in [-0.4, -0.2) is 28.0 Å². The molecule has 3 nitrogen and oxygen atoms in total. The summed E-state index contributed by atoms with van der Waals surface area (Å²) in [6, 6.07) is 12.8. The highest BCUT2D eigenvalue weighted by molar-refractivity contribution is 5.15. The zero-order chi connectivity index (χ0) is 12.9. The maximum atomic E-state index is 4.41. The Labute approximate surface area is 114 Å². The molecular weight excluding hydrogens is 234 g/mol. The smallest absolute Gasteiger partial charge is 0.115 e. The van der Waals surface area contributed by atoms with Gasteiger partial charge in [-0.25, -0.2) is 9.97 Å². The molecule has 0 saturated carbocycles. The first-order chi connectivity index (χ1) is 9.42. The molecule has 0 radical (unpaired) electrons. The lowest BCUT2D eigenvalue weighted by atomic mass is 9.94. The molecule has 0 unspecified atom stereocenters. The third-order valence-corrected chi connectivity index (χ3v) is 3.78. The molecule has 1 aliphatic heterocycles. The van der Waals surface area contributed by atoms with Crippen molar-refractivity contribution in [2.24, 2.45) is 0 Å². The average Bonchev–Trinajstić information content (AvgIpc) is 2.49. The summed E-state index contributed by atoms with van der Waals surface area (Å²) in [6.07, 6.45) is 5.99. The highest BCUT2D eigenvalue weighted by Gasteiger charge is 2.22. The summed E-state index contributed by atoms with van der Waals surface area (Å²) >= 11 is 0. The molecule has 3 heteroatoms. The molecule has 0 bridgehead atoms. The summed E-state index contributed by atoms with van der Waals surface area (Å²) in [6.45, 7) is 3.34. The van der Waals surface area contributed by atoms with E-state index in [1.54, 1.807) is 6.33 Å². The van der Waals surface area contributed by atoms with E-state index < -0.39 is 0 Å². The van der Waals surface area contributed by atoms with Crippen molar-refractivity contribution < 1.29 is 0 Å². The van der Waals surface area contributed by atoms with Crippen LogP contribution in [-0.2, 0) is 6.54 Å². The second kappa shape index (κ2) is 5.93. The van der Waals surface area contributed by atoms with Crippen LogP contribution >= 0.6 is 0 Å². The molecule has 2 aromatic rings. The van der Waals surface area contributed by atoms with Crippen molar-refractivity contribution in [1.82, 2.24) is 14.9 Å². The summed E-state index contributed by atoms with van der Waals surface area (Å²) in [5.74, 6) is 0.556. The van der Waals surface area contributed by atoms with E-state index in [9.17, 15) is 0 Å². The van der Waals surface area contributed by atoms with Crippen LogP contribution in [0.2, 0.25) is 0 Å². The van der Waals surface area contributed by atoms with Gasteiger partial charge in [0.2, 0.25) is 0 Å². The van der Waals surface area contributed by atoms with Crippen LogP contribution in [0.5, 0.6) is 0 Å². The molecule has 1 saturated heterocycles. The molecule has 3 rings (SSSR count). The molecule has 1 fully saturated rings. The Morgan fingerprint density at radius 3 is 2.84 bits per heavy atom. The van der Waals surface area contributed by atoms with Crippen LogP contribution in [0.4, 0.5) is 0 Å². The van der Waals surface area contributed by atoms with Crippen molar-refractivity contribution >= 4 is 0 Å². The zero-order valence-electron chi connectivity index (χ0n) is 11.1. The number of hydrogen-bond acceptors (Lipinski definition) is 3. The molecular formula is C16H19N3. The van der Waals surface area contributed by atoms with E-state index in [0.29, 0.717) is 5.92 Å². The molecule has 1 aromatic carbocycles. The number of nitrogens with zero attached hydrogens (tertiary/aromatic N) is 3. The molecule has 1 aliphatic rings. The molecule has 1 atom stereocenters. The van der Waals surface area contributed by atoms with Crippen LogP contribution in [0, 0.1) is 0 Å². The number of piperidine rings is 1. The van der Waals surface area contributed by atoms with Gasteiger partial charge in [0, 0.05) is 30.9 Å². The van der Waals surface area contributed by atoms with Gasteiger partial charge in [-0.15, -0.1) is 0 Å². The van der Waals surface area contributed by atoms with Crippen molar-refractivity contribution in [3.63, 3.8) is 0 Å². The highest BCUT2D eigenvalue weighted by atomic mass is 15.1. The predicted octanol–water partition coefficient (Wildman–Crippen LogP) is 2.86. The standard InChI is InChI=1S/C16H19N3/c1-2-5-14(6-3-1)11-19-10-4-7-15(12-19)16-8-9-17-13-18-16/h1-3,5-6,8-9,13,15H,4,7,10-12H2/t15-/m0/s1. The average molecular weight is 253 g/mol. The second-order valence-corrected chi connectivity index (χ2v) is 5.19. The Kier molecular flexibility index (Phi) is 3.84. The van der Waals surface area contributed by atoms with Gasteiger partial charge in [-0.3, -0.25) is 4.90 Å². The first kappa shape index (κ1) is 12.3. The fourth-order valence-electron chi connectivity index (χ4n) is 2.82. The Morgan fingerprint density at radius 1 is 1.16 bits per heavy atom. The normalized spacial score (nSPS) is 20.3. The molecule has 19 heavy (non-hydrogen) atoms. The van der Waals surface area contributed by atoms with Crippen LogP contribution in [0.3, 0.4) is 0 Å². The van der Waals surface area contributed by atoms with Crippen molar-refractivity contribution in [2.75, 3.05) is 13.1 Å². The Morgan fingerprint density at radius 2 is 2.05 bits per heavy atom. The van der Waals surface area contributed by atoms with Gasteiger partial charge in [0.1, 0.15) is 6.33 Å². The van der Waals surface area contributed by atoms with Gasteiger partial charge in [0.05, 0.1) is 0 Å². The third-order valence-electron chi connectivity index (χ3n) is 3.78. The molecule has 0 spiro atoms. The Bertz CT molecular complexity index is 498. The first-order valence-electron chi connectivity index (χ1n) is 6.94. The van der Waals surface area contributed by atoms with Crippen LogP contribution in [0.25, 0.3) is 0 Å². The third kappa shape index (κ3) is 3.18. The van der Waals surface area contributed by atoms with Crippen molar-refractivity contribution in [3.8, 4) is 0 Å². The largest absolute Gasteiger partial charge is 0.298 e. The summed E-state index contributed by atoms with van der Waals surface area (Å²) in [4.78, 5) is 10.9. The van der Waals surface area contributed by atoms with Gasteiger partial charge >= 0.3 is 0 Å². The van der Waals surface area contributed by atoms with Gasteiger partial charge in [-0.05, 0) is 31.0 Å². The van der Waals surface area contributed by atoms with E-state index in [1.165, 1.54) is 30.6 Å². The topological polar surface area (TPSA) is 29.0 Å². The Balaban J connectivity index is 1.65. The molecule has 1 aromatic heterocycles. The van der Waals surface area contributed by atoms with Gasteiger partial charge in [-0.2, -0.15) is 0 Å². The summed E-state index contributed by atoms with van der Waals surface area (Å²) in [5.41, 5.74) is 2.58. The minimum atomic E-state index is 0.556. The van der Waals surface area contributed by atoms with E-state index in [4.69, 9.17) is 0 Å². The SMILES string of the molecule is c1ccc(CN2CCC[C@H](c3ccncn3)C2)cc1. The zero-order valence-corrected chi connectivity index (χ0v) is 11.1. The number of aromatic nitrogens is 2. The van der Waals surface area contributed by atoms with Crippen molar-refractivity contribution in [2.45, 2.75) is 25.3 Å². The van der Waals surface area contributed by atoms with Crippen molar-refractivity contribution in [1.29, 1.82) is 0 Å². The van der Waals surface area contributed by atoms with E-state index in [1.807, 2.05) is 6.20 Å². The van der Waals surface area contributed by atoms with E-state index in [0.717, 1.165) is 13.1 Å². The van der Waals surface area contributed by atoms with Crippen LogP contribution in [0.1, 0.15) is 30.0 Å². The number of rotatable bonds is 3. The summed E-state index contributed by atoms with van der Waals surface area (Å²) in [5, 5.41) is 0. The monoisotopic (exact) mass is 253 g/mol. The van der Waals surface area contributed by atoms with Gasteiger partial charge in [0.15, 0.2) is 0 Å². The van der Waals surface area contributed by atoms with Gasteiger partial charge < -0.3 is 0 Å². The van der Waals surface area contributed by atoms with Gasteiger partial charge in [-0.1, -0.05) is 30.3 Å². The highest BCUT2D eigenvalue weighted by Crippen LogP contribution is 2.25. The second-order valence-electron chi connectivity index (χ2n) is 5.19. The van der Waals surface area contributed by atoms with Crippen LogP contribution in [0.15, 0.2) is 48.9 Å². The summed E-state index contributed by atoms with van der Waals surface area (Å²) < 4.78 is 0. The molecule has 2 heterocycles. The maximum absolute atomic E-state index is 4.41. The van der Waals surface area contributed by atoms with E-state index >= 15 is 0 Å². The van der Waals surface area contributed by atoms with Crippen LogP contribution < -0.4 is 0 Å². The lowest BCUT2D eigenvalue weighted by molar-refractivity contribution is 0.198. The fraction of sp³-hybridized carbons (Fsp3) is 0.375. The molecule has 0 aliphatic carbocycles. The van der Waals surface area contributed by atoms with Gasteiger partial charge in [0.25, 0.3) is 0 Å². The number of benzene rings is 1. The number of likely N-dealkylation sites (tertiary alicyclic amines) is 1. The molecule has 98 valence electrons. The lowest BCUT2D eigenvalue weighted by Gasteiger charge is -2.32. The number of hydrogen-bond donors (Lipinski definition) is 0. The fourth-order valence-corrected chi connectivity index (χ4v) is 2.82. The maximum Gasteiger partial charge on any atom is 0.115 e. The van der Waals surface area contributed by atoms with E-state index in [2.05, 4.69) is 51.3 Å². The predicted molar refractivity (Wildman–Crippen MR) is 75.7 cm³/mol. The molecule has 0 N–H and O–H groups in total. The van der Waals surface area contributed by atoms with E-state index in [-0.39, 0.29) is 0 Å². The van der Waals surface area contributed by atoms with Crippen molar-refractivity contribution in [3.05, 3.63) is 60.2 Å². The summed E-state index contributed by atoms with van der Waals surface area (Å²) in [7, 11) is 0.